The van der Waals surface area contributed by atoms with Crippen molar-refractivity contribution < 1.29 is 14.8 Å². The largest absolute Gasteiger partial charge is 0.493 e. The number of rotatable bonds is 4. The van der Waals surface area contributed by atoms with Crippen LogP contribution in [0.15, 0.2) is 48.5 Å². The Hall–Kier alpha value is -1.78. The fourth-order valence-corrected chi connectivity index (χ4v) is 3.04. The minimum absolute atomic E-state index is 0.374. The van der Waals surface area contributed by atoms with Gasteiger partial charge in [0.2, 0.25) is 0 Å². The van der Waals surface area contributed by atoms with E-state index in [2.05, 4.69) is 24.3 Å². The topological polar surface area (TPSA) is 49.7 Å². The molecule has 0 heterocycles. The minimum Gasteiger partial charge on any atom is -0.493 e. The molecule has 0 aliphatic heterocycles. The van der Waals surface area contributed by atoms with Crippen LogP contribution in [-0.2, 0) is 6.42 Å². The van der Waals surface area contributed by atoms with Gasteiger partial charge < -0.3 is 14.8 Å². The summed E-state index contributed by atoms with van der Waals surface area (Å²) >= 11 is 0. The number of para-hydroxylation sites is 1. The number of hydrogen-bond acceptors (Lipinski definition) is 3. The van der Waals surface area contributed by atoms with Crippen molar-refractivity contribution in [3.8, 4) is 5.75 Å². The van der Waals surface area contributed by atoms with Gasteiger partial charge in [0.15, 0.2) is 0 Å². The van der Waals surface area contributed by atoms with Crippen LogP contribution in [0.3, 0.4) is 0 Å². The molecule has 0 bridgehead atoms. The van der Waals surface area contributed by atoms with Crippen LogP contribution in [0.4, 0.5) is 0 Å². The second-order valence-electron chi connectivity index (χ2n) is 5.51. The van der Waals surface area contributed by atoms with Gasteiger partial charge in [-0.2, -0.15) is 0 Å². The Morgan fingerprint density at radius 2 is 1.81 bits per heavy atom. The Balaban J connectivity index is 1.75. The Morgan fingerprint density at radius 1 is 1.05 bits per heavy atom. The maximum Gasteiger partial charge on any atom is 0.492 e. The van der Waals surface area contributed by atoms with E-state index in [9.17, 15) is 10.0 Å². The molecule has 0 saturated carbocycles. The summed E-state index contributed by atoms with van der Waals surface area (Å²) in [6.07, 6.45) is 3.43. The van der Waals surface area contributed by atoms with E-state index >= 15 is 0 Å². The molecule has 2 N–H and O–H groups in total. The van der Waals surface area contributed by atoms with E-state index in [1.54, 1.807) is 18.2 Å². The van der Waals surface area contributed by atoms with Gasteiger partial charge in [0.1, 0.15) is 5.75 Å². The van der Waals surface area contributed by atoms with E-state index in [0.29, 0.717) is 23.7 Å². The lowest BCUT2D eigenvalue weighted by Gasteiger charge is -2.26. The third-order valence-corrected chi connectivity index (χ3v) is 4.13. The molecule has 4 heteroatoms. The predicted octanol–water partition coefficient (Wildman–Crippen LogP) is 1.87. The average molecular weight is 282 g/mol. The molecule has 0 radical (unpaired) electrons. The average Bonchev–Trinajstić information content (AvgIpc) is 2.53. The molecule has 21 heavy (non-hydrogen) atoms. The van der Waals surface area contributed by atoms with Gasteiger partial charge in [0.05, 0.1) is 6.61 Å². The Morgan fingerprint density at radius 3 is 2.67 bits per heavy atom. The van der Waals surface area contributed by atoms with Crippen LogP contribution in [0.5, 0.6) is 5.75 Å². The highest BCUT2D eigenvalue weighted by Gasteiger charge is 2.22. The van der Waals surface area contributed by atoms with Crippen molar-refractivity contribution >= 4 is 12.6 Å². The van der Waals surface area contributed by atoms with Gasteiger partial charge in [-0.1, -0.05) is 42.5 Å². The summed E-state index contributed by atoms with van der Waals surface area (Å²) in [6.45, 7) is 0.570. The molecule has 0 aromatic heterocycles. The van der Waals surface area contributed by atoms with Crippen molar-refractivity contribution in [2.24, 2.45) is 0 Å². The molecule has 3 nitrogen and oxygen atoms in total. The zero-order valence-electron chi connectivity index (χ0n) is 11.9. The van der Waals surface area contributed by atoms with E-state index in [0.717, 1.165) is 12.8 Å². The standard InChI is InChI=1S/C17H19BO3/c19-18(20)16-10-3-4-11-17(16)21-12-14-8-5-7-13-6-1-2-9-15(13)14/h1-4,6,9-11,14,19-20H,5,7-8,12H2. The van der Waals surface area contributed by atoms with Gasteiger partial charge in [0.25, 0.3) is 0 Å². The highest BCUT2D eigenvalue weighted by Crippen LogP contribution is 2.31. The molecule has 3 rings (SSSR count). The number of aryl methyl sites for hydroxylation is 1. The molecule has 2 aromatic rings. The van der Waals surface area contributed by atoms with Crippen LogP contribution in [0.2, 0.25) is 0 Å². The fraction of sp³-hybridized carbons (Fsp3) is 0.294. The van der Waals surface area contributed by atoms with Crippen LogP contribution in [-0.4, -0.2) is 23.8 Å². The third kappa shape index (κ3) is 3.12. The van der Waals surface area contributed by atoms with Crippen LogP contribution in [0, 0.1) is 0 Å². The first-order valence-corrected chi connectivity index (χ1v) is 7.41. The summed E-state index contributed by atoms with van der Waals surface area (Å²) in [5.41, 5.74) is 3.19. The molecule has 2 aromatic carbocycles. The summed E-state index contributed by atoms with van der Waals surface area (Å²) in [4.78, 5) is 0. The monoisotopic (exact) mass is 282 g/mol. The summed E-state index contributed by atoms with van der Waals surface area (Å²) in [6, 6.07) is 15.6. The molecule has 0 saturated heterocycles. The normalized spacial score (nSPS) is 17.1. The van der Waals surface area contributed by atoms with Gasteiger partial charge in [-0.15, -0.1) is 0 Å². The Bertz CT molecular complexity index is 612. The van der Waals surface area contributed by atoms with E-state index < -0.39 is 7.12 Å². The van der Waals surface area contributed by atoms with Crippen LogP contribution < -0.4 is 10.2 Å². The number of hydrogen-bond donors (Lipinski definition) is 2. The van der Waals surface area contributed by atoms with Crippen molar-refractivity contribution in [3.63, 3.8) is 0 Å². The summed E-state index contributed by atoms with van der Waals surface area (Å²) in [5, 5.41) is 18.7. The Kier molecular flexibility index (Phi) is 4.27. The third-order valence-electron chi connectivity index (χ3n) is 4.13. The molecule has 108 valence electrons. The molecule has 1 aliphatic carbocycles. The Labute approximate surface area is 125 Å². The van der Waals surface area contributed by atoms with E-state index in [1.807, 2.05) is 6.07 Å². The lowest BCUT2D eigenvalue weighted by atomic mass is 9.79. The fourth-order valence-electron chi connectivity index (χ4n) is 3.04. The molecule has 0 fully saturated rings. The van der Waals surface area contributed by atoms with E-state index in [1.165, 1.54) is 17.5 Å². The molecule has 1 unspecified atom stereocenters. The molecule has 1 aliphatic rings. The van der Waals surface area contributed by atoms with Crippen LogP contribution in [0.1, 0.15) is 29.9 Å². The first kappa shape index (κ1) is 14.2. The maximum absolute atomic E-state index is 9.37. The zero-order chi connectivity index (χ0) is 14.7. The molecule has 0 amide bonds. The van der Waals surface area contributed by atoms with Crippen LogP contribution >= 0.6 is 0 Å². The second-order valence-corrected chi connectivity index (χ2v) is 5.51. The number of ether oxygens (including phenoxy) is 1. The molecule has 0 spiro atoms. The predicted molar refractivity (Wildman–Crippen MR) is 83.9 cm³/mol. The lowest BCUT2D eigenvalue weighted by Crippen LogP contribution is -2.32. The summed E-state index contributed by atoms with van der Waals surface area (Å²) in [5.74, 6) is 0.925. The van der Waals surface area contributed by atoms with Crippen molar-refractivity contribution in [1.82, 2.24) is 0 Å². The van der Waals surface area contributed by atoms with Crippen LogP contribution in [0.25, 0.3) is 0 Å². The SMILES string of the molecule is OB(O)c1ccccc1OCC1CCCc2ccccc21. The minimum atomic E-state index is -1.50. The van der Waals surface area contributed by atoms with Gasteiger partial charge in [0, 0.05) is 11.4 Å². The van der Waals surface area contributed by atoms with Gasteiger partial charge >= 0.3 is 7.12 Å². The van der Waals surface area contributed by atoms with Gasteiger partial charge in [-0.05, 0) is 36.5 Å². The van der Waals surface area contributed by atoms with Gasteiger partial charge in [-0.25, -0.2) is 0 Å². The molecular formula is C17H19BO3. The van der Waals surface area contributed by atoms with Crippen molar-refractivity contribution in [3.05, 3.63) is 59.7 Å². The number of benzene rings is 2. The van der Waals surface area contributed by atoms with Crippen molar-refractivity contribution in [2.45, 2.75) is 25.2 Å². The van der Waals surface area contributed by atoms with Gasteiger partial charge in [-0.3, -0.25) is 0 Å². The van der Waals surface area contributed by atoms with E-state index in [4.69, 9.17) is 4.74 Å². The van der Waals surface area contributed by atoms with E-state index in [-0.39, 0.29) is 0 Å². The highest BCUT2D eigenvalue weighted by molar-refractivity contribution is 6.59. The number of fused-ring (bicyclic) bond motifs is 1. The lowest BCUT2D eigenvalue weighted by molar-refractivity contribution is 0.275. The first-order valence-electron chi connectivity index (χ1n) is 7.41. The highest BCUT2D eigenvalue weighted by atomic mass is 16.5. The molecule has 1 atom stereocenters. The smallest absolute Gasteiger partial charge is 0.492 e. The quantitative estimate of drug-likeness (QED) is 0.842. The van der Waals surface area contributed by atoms with Crippen molar-refractivity contribution in [1.29, 1.82) is 0 Å². The zero-order valence-corrected chi connectivity index (χ0v) is 11.9. The molecular weight excluding hydrogens is 263 g/mol. The second kappa shape index (κ2) is 6.33. The summed E-state index contributed by atoms with van der Waals surface area (Å²) < 4.78 is 5.87. The van der Waals surface area contributed by atoms with Crippen molar-refractivity contribution in [2.75, 3.05) is 6.61 Å². The summed E-state index contributed by atoms with van der Waals surface area (Å²) in [7, 11) is -1.50. The first-order chi connectivity index (χ1) is 10.3. The maximum atomic E-state index is 9.37.